The van der Waals surface area contributed by atoms with Crippen molar-refractivity contribution in [2.45, 2.75) is 32.6 Å². The molecule has 82 valence electrons. The second-order valence-corrected chi connectivity index (χ2v) is 4.77. The average Bonchev–Trinajstić information content (AvgIpc) is 2.17. The van der Waals surface area contributed by atoms with Gasteiger partial charge in [0.2, 0.25) is 0 Å². The molecular formula is C14H20O. The SMILES string of the molecule is C=CCc1cc(C(C)(C)C)ccc1OC. The Morgan fingerprint density at radius 2 is 2.00 bits per heavy atom. The van der Waals surface area contributed by atoms with Crippen LogP contribution >= 0.6 is 0 Å². The standard InChI is InChI=1S/C14H20O/c1-6-7-11-10-12(14(2,3)4)8-9-13(11)15-5/h6,8-10H,1,7H2,2-5H3. The quantitative estimate of drug-likeness (QED) is 0.682. The average molecular weight is 204 g/mol. The van der Waals surface area contributed by atoms with Crippen molar-refractivity contribution in [1.82, 2.24) is 0 Å². The first-order chi connectivity index (χ1) is 6.99. The second kappa shape index (κ2) is 4.52. The van der Waals surface area contributed by atoms with Gasteiger partial charge >= 0.3 is 0 Å². The maximum absolute atomic E-state index is 5.32. The molecule has 0 bridgehead atoms. The largest absolute Gasteiger partial charge is 0.496 e. The molecule has 0 fully saturated rings. The molecule has 0 aliphatic carbocycles. The number of allylic oxidation sites excluding steroid dienone is 1. The van der Waals surface area contributed by atoms with Gasteiger partial charge in [0.25, 0.3) is 0 Å². The zero-order chi connectivity index (χ0) is 11.5. The molecule has 0 spiro atoms. The van der Waals surface area contributed by atoms with Gasteiger partial charge in [-0.2, -0.15) is 0 Å². The monoisotopic (exact) mass is 204 g/mol. The lowest BCUT2D eigenvalue weighted by molar-refractivity contribution is 0.410. The molecule has 0 aliphatic rings. The van der Waals surface area contributed by atoms with Crippen molar-refractivity contribution in [2.24, 2.45) is 0 Å². The van der Waals surface area contributed by atoms with Crippen molar-refractivity contribution in [3.63, 3.8) is 0 Å². The molecule has 0 N–H and O–H groups in total. The Labute approximate surface area is 92.8 Å². The lowest BCUT2D eigenvalue weighted by Gasteiger charge is -2.20. The van der Waals surface area contributed by atoms with Crippen molar-refractivity contribution >= 4 is 0 Å². The van der Waals surface area contributed by atoms with Crippen LogP contribution in [0.3, 0.4) is 0 Å². The van der Waals surface area contributed by atoms with Crippen LogP contribution in [-0.4, -0.2) is 7.11 Å². The highest BCUT2D eigenvalue weighted by Gasteiger charge is 2.15. The minimum absolute atomic E-state index is 0.183. The van der Waals surface area contributed by atoms with E-state index in [1.54, 1.807) is 7.11 Å². The molecule has 0 heterocycles. The van der Waals surface area contributed by atoms with Gasteiger partial charge < -0.3 is 4.74 Å². The van der Waals surface area contributed by atoms with Gasteiger partial charge in [-0.15, -0.1) is 6.58 Å². The fourth-order valence-electron chi connectivity index (χ4n) is 1.56. The first-order valence-electron chi connectivity index (χ1n) is 5.27. The van der Waals surface area contributed by atoms with Crippen LogP contribution in [0.15, 0.2) is 30.9 Å². The Kier molecular flexibility index (Phi) is 3.57. The Bertz CT molecular complexity index is 345. The molecule has 1 rings (SSSR count). The highest BCUT2D eigenvalue weighted by molar-refractivity contribution is 5.40. The highest BCUT2D eigenvalue weighted by atomic mass is 16.5. The van der Waals surface area contributed by atoms with Gasteiger partial charge in [0.15, 0.2) is 0 Å². The molecule has 0 atom stereocenters. The van der Waals surface area contributed by atoms with Gasteiger partial charge in [-0.05, 0) is 29.0 Å². The topological polar surface area (TPSA) is 9.23 Å². The molecule has 0 aliphatic heterocycles. The molecule has 0 saturated carbocycles. The summed E-state index contributed by atoms with van der Waals surface area (Å²) in [5, 5.41) is 0. The number of methoxy groups -OCH3 is 1. The van der Waals surface area contributed by atoms with Crippen LogP contribution in [0.25, 0.3) is 0 Å². The third kappa shape index (κ3) is 2.85. The van der Waals surface area contributed by atoms with Gasteiger partial charge in [0.05, 0.1) is 7.11 Å². The zero-order valence-corrected chi connectivity index (χ0v) is 10.1. The van der Waals surface area contributed by atoms with Crippen LogP contribution in [0.4, 0.5) is 0 Å². The summed E-state index contributed by atoms with van der Waals surface area (Å²) in [6.07, 6.45) is 2.76. The van der Waals surface area contributed by atoms with E-state index in [0.29, 0.717) is 0 Å². The van der Waals surface area contributed by atoms with Crippen molar-refractivity contribution in [3.8, 4) is 5.75 Å². The molecule has 1 aromatic rings. The summed E-state index contributed by atoms with van der Waals surface area (Å²) in [5.74, 6) is 0.947. The molecule has 15 heavy (non-hydrogen) atoms. The van der Waals surface area contributed by atoms with Gasteiger partial charge in [-0.3, -0.25) is 0 Å². The molecule has 0 aromatic heterocycles. The van der Waals surface area contributed by atoms with Crippen LogP contribution in [0.5, 0.6) is 5.75 Å². The van der Waals surface area contributed by atoms with E-state index < -0.39 is 0 Å². The summed E-state index contributed by atoms with van der Waals surface area (Å²) >= 11 is 0. The molecule has 1 heteroatoms. The lowest BCUT2D eigenvalue weighted by Crippen LogP contribution is -2.11. The molecular weight excluding hydrogens is 184 g/mol. The first kappa shape index (κ1) is 11.8. The van der Waals surface area contributed by atoms with E-state index >= 15 is 0 Å². The van der Waals surface area contributed by atoms with Crippen molar-refractivity contribution in [2.75, 3.05) is 7.11 Å². The van der Waals surface area contributed by atoms with Crippen molar-refractivity contribution in [3.05, 3.63) is 42.0 Å². The van der Waals surface area contributed by atoms with E-state index in [4.69, 9.17) is 4.74 Å². The van der Waals surface area contributed by atoms with Crippen LogP contribution in [0.1, 0.15) is 31.9 Å². The Hall–Kier alpha value is -1.24. The van der Waals surface area contributed by atoms with Gasteiger partial charge in [-0.25, -0.2) is 0 Å². The molecule has 0 amide bonds. The van der Waals surface area contributed by atoms with Gasteiger partial charge in [-0.1, -0.05) is 39.0 Å². The third-order valence-electron chi connectivity index (χ3n) is 2.51. The Morgan fingerprint density at radius 1 is 1.33 bits per heavy atom. The van der Waals surface area contributed by atoms with Gasteiger partial charge in [0, 0.05) is 0 Å². The Balaban J connectivity index is 3.15. The summed E-state index contributed by atoms with van der Waals surface area (Å²) in [4.78, 5) is 0. The van der Waals surface area contributed by atoms with Crippen LogP contribution in [-0.2, 0) is 11.8 Å². The van der Waals surface area contributed by atoms with E-state index in [1.165, 1.54) is 11.1 Å². The highest BCUT2D eigenvalue weighted by Crippen LogP contribution is 2.28. The minimum atomic E-state index is 0.183. The smallest absolute Gasteiger partial charge is 0.122 e. The Morgan fingerprint density at radius 3 is 2.47 bits per heavy atom. The molecule has 0 unspecified atom stereocenters. The molecule has 0 radical (unpaired) electrons. The van der Waals surface area contributed by atoms with E-state index in [9.17, 15) is 0 Å². The number of benzene rings is 1. The predicted molar refractivity (Wildman–Crippen MR) is 65.6 cm³/mol. The van der Waals surface area contributed by atoms with Crippen molar-refractivity contribution in [1.29, 1.82) is 0 Å². The number of rotatable bonds is 3. The summed E-state index contributed by atoms with van der Waals surface area (Å²) < 4.78 is 5.32. The maximum Gasteiger partial charge on any atom is 0.122 e. The summed E-state index contributed by atoms with van der Waals surface area (Å²) in [6.45, 7) is 10.4. The summed E-state index contributed by atoms with van der Waals surface area (Å²) in [7, 11) is 1.71. The lowest BCUT2D eigenvalue weighted by atomic mass is 9.85. The molecule has 0 saturated heterocycles. The normalized spacial score (nSPS) is 11.2. The van der Waals surface area contributed by atoms with E-state index in [-0.39, 0.29) is 5.41 Å². The fourth-order valence-corrected chi connectivity index (χ4v) is 1.56. The summed E-state index contributed by atoms with van der Waals surface area (Å²) in [6, 6.07) is 6.38. The maximum atomic E-state index is 5.32. The fraction of sp³-hybridized carbons (Fsp3) is 0.429. The van der Waals surface area contributed by atoms with E-state index in [0.717, 1.165) is 12.2 Å². The number of ether oxygens (including phenoxy) is 1. The van der Waals surface area contributed by atoms with E-state index in [2.05, 4.69) is 39.5 Å². The number of hydrogen-bond acceptors (Lipinski definition) is 1. The predicted octanol–water partition coefficient (Wildman–Crippen LogP) is 3.72. The first-order valence-corrected chi connectivity index (χ1v) is 5.27. The van der Waals surface area contributed by atoms with Crippen LogP contribution < -0.4 is 4.74 Å². The second-order valence-electron chi connectivity index (χ2n) is 4.77. The van der Waals surface area contributed by atoms with Crippen LogP contribution in [0.2, 0.25) is 0 Å². The van der Waals surface area contributed by atoms with Crippen molar-refractivity contribution < 1.29 is 4.74 Å². The van der Waals surface area contributed by atoms with Gasteiger partial charge in [0.1, 0.15) is 5.75 Å². The molecule has 1 nitrogen and oxygen atoms in total. The number of hydrogen-bond donors (Lipinski definition) is 0. The van der Waals surface area contributed by atoms with Crippen LogP contribution in [0, 0.1) is 0 Å². The zero-order valence-electron chi connectivity index (χ0n) is 10.1. The third-order valence-corrected chi connectivity index (χ3v) is 2.51. The van der Waals surface area contributed by atoms with E-state index in [1.807, 2.05) is 12.1 Å². The molecule has 1 aromatic carbocycles. The minimum Gasteiger partial charge on any atom is -0.496 e. The summed E-state index contributed by atoms with van der Waals surface area (Å²) in [5.41, 5.74) is 2.72.